The summed E-state index contributed by atoms with van der Waals surface area (Å²) in [7, 11) is 0. The van der Waals surface area contributed by atoms with Gasteiger partial charge in [0.05, 0.1) is 11.3 Å². The fourth-order valence-corrected chi connectivity index (χ4v) is 3.40. The number of hydrogen-bond acceptors (Lipinski definition) is 5. The van der Waals surface area contributed by atoms with Gasteiger partial charge in [-0.25, -0.2) is 26.3 Å². The van der Waals surface area contributed by atoms with Crippen LogP contribution in [0.5, 0.6) is 5.75 Å². The van der Waals surface area contributed by atoms with E-state index in [0.29, 0.717) is 0 Å². The maximum Gasteiger partial charge on any atom is 0.282 e. The van der Waals surface area contributed by atoms with Crippen LogP contribution >= 0.6 is 0 Å². The average molecular weight is 514 g/mol. The van der Waals surface area contributed by atoms with Crippen molar-refractivity contribution in [3.05, 3.63) is 87.3 Å². The molecular formula is C24H20F6N2O4. The van der Waals surface area contributed by atoms with Crippen molar-refractivity contribution in [2.75, 3.05) is 6.61 Å². The Morgan fingerprint density at radius 2 is 1.64 bits per heavy atom. The highest BCUT2D eigenvalue weighted by atomic mass is 19.3. The van der Waals surface area contributed by atoms with Gasteiger partial charge in [0, 0.05) is 6.42 Å². The van der Waals surface area contributed by atoms with Crippen molar-refractivity contribution >= 4 is 5.78 Å². The average Bonchev–Trinajstić information content (AvgIpc) is 2.83. The molecule has 0 spiro atoms. The molecule has 0 fully saturated rings. The van der Waals surface area contributed by atoms with Gasteiger partial charge in [0.25, 0.3) is 24.8 Å². The zero-order valence-corrected chi connectivity index (χ0v) is 18.7. The summed E-state index contributed by atoms with van der Waals surface area (Å²) in [6.45, 7) is 0.575. The monoisotopic (exact) mass is 514 g/mol. The summed E-state index contributed by atoms with van der Waals surface area (Å²) in [6.07, 6.45) is -10.7. The minimum Gasteiger partial charge on any atom is -0.485 e. The molecule has 1 aromatic heterocycles. The van der Waals surface area contributed by atoms with Gasteiger partial charge in [-0.2, -0.15) is 9.78 Å². The number of Topliss-reactive ketones (excluding diaryl/α,β-unsaturated/α-hetero) is 1. The van der Waals surface area contributed by atoms with Gasteiger partial charge in [-0.05, 0) is 36.2 Å². The van der Waals surface area contributed by atoms with Gasteiger partial charge in [-0.15, -0.1) is 0 Å². The summed E-state index contributed by atoms with van der Waals surface area (Å²) in [4.78, 5) is 26.0. The Kier molecular flexibility index (Phi) is 8.18. The molecule has 192 valence electrons. The molecule has 0 aliphatic carbocycles. The van der Waals surface area contributed by atoms with Crippen LogP contribution in [-0.2, 0) is 12.0 Å². The van der Waals surface area contributed by atoms with Gasteiger partial charge < -0.3 is 9.84 Å². The molecule has 0 atom stereocenters. The molecular weight excluding hydrogens is 494 g/mol. The van der Waals surface area contributed by atoms with Crippen molar-refractivity contribution in [1.29, 1.82) is 0 Å². The number of hydrogen-bond donors (Lipinski definition) is 1. The number of rotatable bonds is 10. The van der Waals surface area contributed by atoms with Gasteiger partial charge >= 0.3 is 0 Å². The minimum absolute atomic E-state index is 0.0311. The summed E-state index contributed by atoms with van der Waals surface area (Å²) in [6, 6.07) is 10.9. The van der Waals surface area contributed by atoms with Gasteiger partial charge in [0.15, 0.2) is 5.78 Å². The summed E-state index contributed by atoms with van der Waals surface area (Å²) < 4.78 is 83.3. The highest BCUT2D eigenvalue weighted by Gasteiger charge is 2.48. The predicted molar refractivity (Wildman–Crippen MR) is 116 cm³/mol. The highest BCUT2D eigenvalue weighted by molar-refractivity contribution is 5.97. The van der Waals surface area contributed by atoms with E-state index in [4.69, 9.17) is 4.74 Å². The number of alkyl halides is 6. The fraction of sp³-hybridized carbons (Fsp3) is 0.292. The van der Waals surface area contributed by atoms with E-state index in [0.717, 1.165) is 28.9 Å². The zero-order chi connectivity index (χ0) is 26.6. The van der Waals surface area contributed by atoms with Crippen LogP contribution in [-0.4, -0.2) is 46.6 Å². The molecule has 2 aromatic carbocycles. The van der Waals surface area contributed by atoms with Crippen LogP contribution in [0.3, 0.4) is 0 Å². The lowest BCUT2D eigenvalue weighted by Crippen LogP contribution is -2.41. The number of benzene rings is 2. The van der Waals surface area contributed by atoms with Crippen LogP contribution < -0.4 is 10.3 Å². The van der Waals surface area contributed by atoms with E-state index in [-0.39, 0.29) is 28.3 Å². The number of aromatic nitrogens is 2. The molecule has 0 radical (unpaired) electrons. The molecule has 3 rings (SSSR count). The topological polar surface area (TPSA) is 81.4 Å². The Bertz CT molecular complexity index is 1270. The van der Waals surface area contributed by atoms with Gasteiger partial charge in [-0.3, -0.25) is 9.59 Å². The zero-order valence-electron chi connectivity index (χ0n) is 18.7. The van der Waals surface area contributed by atoms with Crippen molar-refractivity contribution in [3.63, 3.8) is 0 Å². The molecule has 0 aliphatic heterocycles. The Labute approximate surface area is 200 Å². The lowest BCUT2D eigenvalue weighted by Gasteiger charge is -2.26. The molecule has 1 N–H and O–H groups in total. The number of ketones is 1. The number of ether oxygens (including phenoxy) is 1. The molecule has 3 aromatic rings. The first-order chi connectivity index (χ1) is 16.9. The summed E-state index contributed by atoms with van der Waals surface area (Å²) in [5.41, 5.74) is -5.08. The molecule has 12 heteroatoms. The SMILES string of the molecule is Cc1cc(C(=O)Cc2ccc(C(O)(C(F)F)C(F)F)cc2)c(=O)n(-c2ccccc2OCC(F)F)n1. The van der Waals surface area contributed by atoms with Crippen LogP contribution in [0.4, 0.5) is 26.3 Å². The van der Waals surface area contributed by atoms with Crippen molar-refractivity contribution < 1.29 is 41.0 Å². The molecule has 0 aliphatic rings. The molecule has 1 heterocycles. The second-order valence-corrected chi connectivity index (χ2v) is 7.81. The lowest BCUT2D eigenvalue weighted by molar-refractivity contribution is -0.183. The summed E-state index contributed by atoms with van der Waals surface area (Å²) in [5.74, 6) is -0.756. The van der Waals surface area contributed by atoms with Gasteiger partial charge in [-0.1, -0.05) is 36.4 Å². The first kappa shape index (κ1) is 26.9. The van der Waals surface area contributed by atoms with E-state index in [1.165, 1.54) is 37.3 Å². The van der Waals surface area contributed by atoms with Crippen LogP contribution in [0.2, 0.25) is 0 Å². The smallest absolute Gasteiger partial charge is 0.282 e. The molecule has 36 heavy (non-hydrogen) atoms. The van der Waals surface area contributed by atoms with E-state index in [1.807, 2.05) is 0 Å². The van der Waals surface area contributed by atoms with Crippen molar-refractivity contribution in [3.8, 4) is 11.4 Å². The maximum atomic E-state index is 13.1. The van der Waals surface area contributed by atoms with E-state index in [1.54, 1.807) is 0 Å². The molecule has 0 amide bonds. The molecule has 0 saturated carbocycles. The third kappa shape index (κ3) is 5.59. The quantitative estimate of drug-likeness (QED) is 0.322. The van der Waals surface area contributed by atoms with Crippen LogP contribution in [0.25, 0.3) is 5.69 Å². The van der Waals surface area contributed by atoms with Crippen molar-refractivity contribution in [1.82, 2.24) is 9.78 Å². The van der Waals surface area contributed by atoms with Crippen LogP contribution in [0.1, 0.15) is 27.2 Å². The van der Waals surface area contributed by atoms with Crippen molar-refractivity contribution in [2.45, 2.75) is 38.2 Å². The Balaban J connectivity index is 1.92. The number of halogens is 6. The van der Waals surface area contributed by atoms with E-state index >= 15 is 0 Å². The molecule has 0 saturated heterocycles. The minimum atomic E-state index is -3.75. The lowest BCUT2D eigenvalue weighted by atomic mass is 9.93. The van der Waals surface area contributed by atoms with Crippen LogP contribution in [0.15, 0.2) is 59.4 Å². The number of aryl methyl sites for hydroxylation is 1. The fourth-order valence-electron chi connectivity index (χ4n) is 3.40. The number of carbonyl (C=O) groups is 1. The third-order valence-electron chi connectivity index (χ3n) is 5.24. The van der Waals surface area contributed by atoms with Crippen LogP contribution in [0, 0.1) is 6.92 Å². The Morgan fingerprint density at radius 1 is 1.03 bits per heavy atom. The highest BCUT2D eigenvalue weighted by Crippen LogP contribution is 2.34. The Morgan fingerprint density at radius 3 is 2.22 bits per heavy atom. The van der Waals surface area contributed by atoms with Gasteiger partial charge in [0.1, 0.15) is 18.0 Å². The van der Waals surface area contributed by atoms with Crippen molar-refractivity contribution in [2.24, 2.45) is 0 Å². The molecule has 0 unspecified atom stereocenters. The number of aliphatic hydroxyl groups is 1. The largest absolute Gasteiger partial charge is 0.485 e. The van der Waals surface area contributed by atoms with E-state index in [9.17, 15) is 41.0 Å². The molecule has 6 nitrogen and oxygen atoms in total. The van der Waals surface area contributed by atoms with E-state index in [2.05, 4.69) is 5.10 Å². The number of nitrogens with zero attached hydrogens (tertiary/aromatic N) is 2. The van der Waals surface area contributed by atoms with Gasteiger partial charge in [0.2, 0.25) is 5.60 Å². The first-order valence-corrected chi connectivity index (χ1v) is 10.5. The normalized spacial score (nSPS) is 12.0. The number of para-hydroxylation sites is 2. The molecule has 0 bridgehead atoms. The Hall–Kier alpha value is -3.67. The first-order valence-electron chi connectivity index (χ1n) is 10.5. The summed E-state index contributed by atoms with van der Waals surface area (Å²) in [5, 5.41) is 13.8. The van der Waals surface area contributed by atoms with E-state index < -0.39 is 54.8 Å². The standard InChI is InChI=1S/C24H20F6N2O4/c1-13-10-16(21(34)32(31-13)17-4-2-3-5-19(17)36-12-20(25)26)18(33)11-14-6-8-15(9-7-14)24(35,22(27)28)23(29)30/h2-10,20,22-23,35H,11-12H2,1H3. The number of carbonyl (C=O) groups excluding carboxylic acids is 1. The second-order valence-electron chi connectivity index (χ2n) is 7.81. The summed E-state index contributed by atoms with van der Waals surface area (Å²) >= 11 is 0. The predicted octanol–water partition coefficient (Wildman–Crippen LogP) is 4.33. The maximum absolute atomic E-state index is 13.1. The second kappa shape index (κ2) is 10.9. The third-order valence-corrected chi connectivity index (χ3v) is 5.24.